The van der Waals surface area contributed by atoms with E-state index in [1.807, 2.05) is 18.2 Å². The van der Waals surface area contributed by atoms with Gasteiger partial charge in [0.15, 0.2) is 0 Å². The van der Waals surface area contributed by atoms with E-state index >= 15 is 0 Å². The van der Waals surface area contributed by atoms with Crippen LogP contribution in [0.25, 0.3) is 0 Å². The van der Waals surface area contributed by atoms with Gasteiger partial charge in [-0.05, 0) is 53.0 Å². The zero-order chi connectivity index (χ0) is 12.1. The van der Waals surface area contributed by atoms with Crippen molar-refractivity contribution in [3.63, 3.8) is 0 Å². The van der Waals surface area contributed by atoms with Crippen molar-refractivity contribution in [1.82, 2.24) is 5.32 Å². The molecule has 2 rings (SSSR count). The number of hydrogen-bond acceptors (Lipinski definition) is 3. The van der Waals surface area contributed by atoms with Gasteiger partial charge < -0.3 is 14.8 Å². The maximum atomic E-state index is 5.71. The Balaban J connectivity index is 1.80. The van der Waals surface area contributed by atoms with Gasteiger partial charge >= 0.3 is 0 Å². The molecular formula is C13H18BrNO2. The highest BCUT2D eigenvalue weighted by atomic mass is 79.9. The third-order valence-corrected chi connectivity index (χ3v) is 3.59. The zero-order valence-corrected chi connectivity index (χ0v) is 11.6. The summed E-state index contributed by atoms with van der Waals surface area (Å²) in [4.78, 5) is 0. The minimum Gasteiger partial charge on any atom is -0.496 e. The van der Waals surface area contributed by atoms with Crippen LogP contribution in [0.1, 0.15) is 18.4 Å². The van der Waals surface area contributed by atoms with Crippen LogP contribution in [0.2, 0.25) is 0 Å². The van der Waals surface area contributed by atoms with Crippen molar-refractivity contribution in [3.8, 4) is 5.75 Å². The van der Waals surface area contributed by atoms with Crippen LogP contribution in [0.15, 0.2) is 22.7 Å². The Labute approximate surface area is 111 Å². The van der Waals surface area contributed by atoms with Crippen molar-refractivity contribution < 1.29 is 9.47 Å². The third kappa shape index (κ3) is 3.69. The molecule has 1 aliphatic rings. The fourth-order valence-corrected chi connectivity index (χ4v) is 2.61. The Morgan fingerprint density at radius 1 is 1.47 bits per heavy atom. The summed E-state index contributed by atoms with van der Waals surface area (Å²) < 4.78 is 11.9. The van der Waals surface area contributed by atoms with Gasteiger partial charge in [-0.2, -0.15) is 0 Å². The van der Waals surface area contributed by atoms with Crippen molar-refractivity contribution >= 4 is 15.9 Å². The first kappa shape index (κ1) is 12.9. The molecule has 4 heteroatoms. The lowest BCUT2D eigenvalue weighted by atomic mass is 10.2. The Morgan fingerprint density at radius 2 is 2.35 bits per heavy atom. The van der Waals surface area contributed by atoms with E-state index in [1.165, 1.54) is 12.8 Å². The van der Waals surface area contributed by atoms with Crippen LogP contribution in [0, 0.1) is 0 Å². The standard InChI is InChI=1S/C13H18BrNO2/c1-16-13-5-4-10(7-12(13)14)8-17-9-11-3-2-6-15-11/h4-5,7,11,15H,2-3,6,8-9H2,1H3. The van der Waals surface area contributed by atoms with E-state index in [-0.39, 0.29) is 0 Å². The summed E-state index contributed by atoms with van der Waals surface area (Å²) >= 11 is 3.47. The van der Waals surface area contributed by atoms with Gasteiger partial charge in [0.25, 0.3) is 0 Å². The zero-order valence-electron chi connectivity index (χ0n) is 10.0. The summed E-state index contributed by atoms with van der Waals surface area (Å²) in [6.07, 6.45) is 2.49. The first-order valence-corrected chi connectivity index (χ1v) is 6.72. The van der Waals surface area contributed by atoms with E-state index in [0.717, 1.165) is 28.9 Å². The van der Waals surface area contributed by atoms with Crippen LogP contribution in [-0.2, 0) is 11.3 Å². The van der Waals surface area contributed by atoms with Gasteiger partial charge in [0.2, 0.25) is 0 Å². The maximum Gasteiger partial charge on any atom is 0.133 e. The van der Waals surface area contributed by atoms with Gasteiger partial charge in [-0.25, -0.2) is 0 Å². The molecule has 1 aromatic carbocycles. The lowest BCUT2D eigenvalue weighted by Gasteiger charge is -2.11. The minimum atomic E-state index is 0.539. The van der Waals surface area contributed by atoms with Crippen LogP contribution >= 0.6 is 15.9 Å². The first-order chi connectivity index (χ1) is 8.29. The molecule has 1 aliphatic heterocycles. The average Bonchev–Trinajstić information content (AvgIpc) is 2.82. The van der Waals surface area contributed by atoms with E-state index in [4.69, 9.17) is 9.47 Å². The number of ether oxygens (including phenoxy) is 2. The molecule has 0 spiro atoms. The molecule has 0 radical (unpaired) electrons. The highest BCUT2D eigenvalue weighted by Crippen LogP contribution is 2.25. The van der Waals surface area contributed by atoms with Gasteiger partial charge in [-0.3, -0.25) is 0 Å². The predicted molar refractivity (Wildman–Crippen MR) is 71.4 cm³/mol. The molecule has 1 heterocycles. The summed E-state index contributed by atoms with van der Waals surface area (Å²) in [5.41, 5.74) is 1.16. The van der Waals surface area contributed by atoms with Crippen LogP contribution in [0.3, 0.4) is 0 Å². The molecule has 0 amide bonds. The topological polar surface area (TPSA) is 30.5 Å². The van der Waals surface area contributed by atoms with E-state index in [9.17, 15) is 0 Å². The number of nitrogens with one attached hydrogen (secondary N) is 1. The van der Waals surface area contributed by atoms with Crippen molar-refractivity contribution in [2.75, 3.05) is 20.3 Å². The molecule has 0 aromatic heterocycles. The van der Waals surface area contributed by atoms with Crippen LogP contribution in [0.4, 0.5) is 0 Å². The molecule has 94 valence electrons. The molecule has 1 atom stereocenters. The Bertz CT molecular complexity index is 364. The van der Waals surface area contributed by atoms with Crippen molar-refractivity contribution in [1.29, 1.82) is 0 Å². The number of hydrogen-bond donors (Lipinski definition) is 1. The molecule has 0 bridgehead atoms. The largest absolute Gasteiger partial charge is 0.496 e. The monoisotopic (exact) mass is 299 g/mol. The van der Waals surface area contributed by atoms with Gasteiger partial charge in [-0.1, -0.05) is 6.07 Å². The Kier molecular flexibility index (Phi) is 4.83. The summed E-state index contributed by atoms with van der Waals surface area (Å²) in [7, 11) is 1.67. The normalized spacial score (nSPS) is 19.5. The van der Waals surface area contributed by atoms with Gasteiger partial charge in [0.1, 0.15) is 5.75 Å². The summed E-state index contributed by atoms with van der Waals surface area (Å²) in [6, 6.07) is 6.57. The van der Waals surface area contributed by atoms with E-state index in [1.54, 1.807) is 7.11 Å². The Hall–Kier alpha value is -0.580. The van der Waals surface area contributed by atoms with E-state index in [0.29, 0.717) is 12.6 Å². The maximum absolute atomic E-state index is 5.71. The smallest absolute Gasteiger partial charge is 0.133 e. The number of halogens is 1. The molecule has 3 nitrogen and oxygen atoms in total. The van der Waals surface area contributed by atoms with Crippen molar-refractivity contribution in [2.45, 2.75) is 25.5 Å². The van der Waals surface area contributed by atoms with Crippen molar-refractivity contribution in [2.24, 2.45) is 0 Å². The van der Waals surface area contributed by atoms with E-state index in [2.05, 4.69) is 21.2 Å². The molecule has 1 fully saturated rings. The second-order valence-electron chi connectivity index (χ2n) is 4.28. The molecule has 0 aliphatic carbocycles. The summed E-state index contributed by atoms with van der Waals surface area (Å²) in [6.45, 7) is 2.58. The second kappa shape index (κ2) is 6.38. The summed E-state index contributed by atoms with van der Waals surface area (Å²) in [5.74, 6) is 0.853. The minimum absolute atomic E-state index is 0.539. The molecule has 1 unspecified atom stereocenters. The molecule has 0 saturated carbocycles. The Morgan fingerprint density at radius 3 is 3.00 bits per heavy atom. The SMILES string of the molecule is COc1ccc(COCC2CCCN2)cc1Br. The third-order valence-electron chi connectivity index (χ3n) is 2.97. The van der Waals surface area contributed by atoms with Crippen molar-refractivity contribution in [3.05, 3.63) is 28.2 Å². The lowest BCUT2D eigenvalue weighted by Crippen LogP contribution is -2.26. The highest BCUT2D eigenvalue weighted by Gasteiger charge is 2.13. The van der Waals surface area contributed by atoms with Gasteiger partial charge in [0, 0.05) is 6.04 Å². The molecule has 17 heavy (non-hydrogen) atoms. The van der Waals surface area contributed by atoms with Gasteiger partial charge in [0.05, 0.1) is 24.8 Å². The fraction of sp³-hybridized carbons (Fsp3) is 0.538. The van der Waals surface area contributed by atoms with Crippen LogP contribution < -0.4 is 10.1 Å². The summed E-state index contributed by atoms with van der Waals surface area (Å²) in [5, 5.41) is 3.42. The van der Waals surface area contributed by atoms with E-state index < -0.39 is 0 Å². The van der Waals surface area contributed by atoms with Crippen LogP contribution in [-0.4, -0.2) is 26.3 Å². The lowest BCUT2D eigenvalue weighted by molar-refractivity contribution is 0.103. The average molecular weight is 300 g/mol. The quantitative estimate of drug-likeness (QED) is 0.907. The van der Waals surface area contributed by atoms with Gasteiger partial charge in [-0.15, -0.1) is 0 Å². The highest BCUT2D eigenvalue weighted by molar-refractivity contribution is 9.10. The fourth-order valence-electron chi connectivity index (χ4n) is 2.02. The number of benzene rings is 1. The first-order valence-electron chi connectivity index (χ1n) is 5.93. The molecule has 1 saturated heterocycles. The molecule has 1 N–H and O–H groups in total. The number of rotatable bonds is 5. The second-order valence-corrected chi connectivity index (χ2v) is 5.13. The molecule has 1 aromatic rings. The predicted octanol–water partition coefficient (Wildman–Crippen LogP) is 2.73. The molecular weight excluding hydrogens is 282 g/mol. The number of methoxy groups -OCH3 is 1. The van der Waals surface area contributed by atoms with Crippen LogP contribution in [0.5, 0.6) is 5.75 Å².